The van der Waals surface area contributed by atoms with Gasteiger partial charge in [-0.1, -0.05) is 25.7 Å². The summed E-state index contributed by atoms with van der Waals surface area (Å²) in [5, 5.41) is 6.47. The minimum Gasteiger partial charge on any atom is -0.367 e. The first-order valence-electron chi connectivity index (χ1n) is 7.06. The van der Waals surface area contributed by atoms with Crippen molar-refractivity contribution in [2.75, 3.05) is 17.2 Å². The van der Waals surface area contributed by atoms with Crippen molar-refractivity contribution in [1.82, 2.24) is 9.97 Å². The number of carbonyl (C=O) groups is 1. The first kappa shape index (κ1) is 13.8. The molecule has 104 valence electrons. The highest BCUT2D eigenvalue weighted by Crippen LogP contribution is 2.20. The van der Waals surface area contributed by atoms with Crippen molar-refractivity contribution in [2.45, 2.75) is 51.5 Å². The molecule has 0 radical (unpaired) electrons. The van der Waals surface area contributed by atoms with Crippen LogP contribution in [0.4, 0.5) is 11.6 Å². The predicted molar refractivity (Wildman–Crippen MR) is 76.3 cm³/mol. The molecule has 0 amide bonds. The Labute approximate surface area is 114 Å². The van der Waals surface area contributed by atoms with E-state index in [4.69, 9.17) is 0 Å². The smallest absolute Gasteiger partial charge is 0.148 e. The molecule has 0 bridgehead atoms. The van der Waals surface area contributed by atoms with Gasteiger partial charge in [-0.25, -0.2) is 9.97 Å². The number of nitrogens with zero attached hydrogens (tertiary/aromatic N) is 2. The van der Waals surface area contributed by atoms with Crippen LogP contribution in [-0.2, 0) is 4.79 Å². The molecule has 5 heteroatoms. The van der Waals surface area contributed by atoms with Crippen LogP contribution in [0.15, 0.2) is 12.4 Å². The fourth-order valence-corrected chi connectivity index (χ4v) is 2.38. The van der Waals surface area contributed by atoms with E-state index in [0.717, 1.165) is 5.82 Å². The fourth-order valence-electron chi connectivity index (χ4n) is 2.38. The Hall–Kier alpha value is -1.65. The van der Waals surface area contributed by atoms with E-state index in [9.17, 15) is 4.79 Å². The van der Waals surface area contributed by atoms with Crippen molar-refractivity contribution in [2.24, 2.45) is 0 Å². The summed E-state index contributed by atoms with van der Waals surface area (Å²) in [6.45, 7) is 1.86. The van der Waals surface area contributed by atoms with Gasteiger partial charge in [-0.05, 0) is 19.8 Å². The van der Waals surface area contributed by atoms with Crippen molar-refractivity contribution in [3.8, 4) is 0 Å². The molecule has 1 aromatic heterocycles. The number of Topliss-reactive ketones (excluding diaryl/α,β-unsaturated/α-hetero) is 1. The first-order valence-corrected chi connectivity index (χ1v) is 7.06. The zero-order valence-electron chi connectivity index (χ0n) is 11.5. The second-order valence-electron chi connectivity index (χ2n) is 5.18. The zero-order valence-corrected chi connectivity index (χ0v) is 11.5. The topological polar surface area (TPSA) is 66.9 Å². The van der Waals surface area contributed by atoms with Crippen molar-refractivity contribution in [1.29, 1.82) is 0 Å². The Balaban J connectivity index is 1.91. The average Bonchev–Trinajstić information content (AvgIpc) is 2.65. The van der Waals surface area contributed by atoms with E-state index in [1.807, 2.05) is 6.07 Å². The normalized spacial score (nSPS) is 16.7. The molecule has 2 N–H and O–H groups in total. The molecule has 5 nitrogen and oxygen atoms in total. The third-order valence-corrected chi connectivity index (χ3v) is 3.39. The number of hydrogen-bond acceptors (Lipinski definition) is 5. The summed E-state index contributed by atoms with van der Waals surface area (Å²) < 4.78 is 0. The van der Waals surface area contributed by atoms with Crippen LogP contribution in [0.3, 0.4) is 0 Å². The third-order valence-electron chi connectivity index (χ3n) is 3.39. The van der Waals surface area contributed by atoms with Gasteiger partial charge in [0.15, 0.2) is 0 Å². The van der Waals surface area contributed by atoms with E-state index in [2.05, 4.69) is 20.6 Å². The fraction of sp³-hybridized carbons (Fsp3) is 0.643. The van der Waals surface area contributed by atoms with Gasteiger partial charge in [-0.2, -0.15) is 0 Å². The number of aromatic nitrogens is 2. The van der Waals surface area contributed by atoms with Gasteiger partial charge < -0.3 is 10.6 Å². The quantitative estimate of drug-likeness (QED) is 0.798. The molecule has 1 aliphatic rings. The summed E-state index contributed by atoms with van der Waals surface area (Å²) in [7, 11) is 0. The van der Waals surface area contributed by atoms with Crippen LogP contribution in [-0.4, -0.2) is 28.3 Å². The van der Waals surface area contributed by atoms with E-state index in [1.54, 1.807) is 6.92 Å². The van der Waals surface area contributed by atoms with Gasteiger partial charge in [0.05, 0.1) is 6.54 Å². The Morgan fingerprint density at radius 1 is 1.21 bits per heavy atom. The largest absolute Gasteiger partial charge is 0.367 e. The van der Waals surface area contributed by atoms with E-state index in [-0.39, 0.29) is 5.78 Å². The maximum atomic E-state index is 10.9. The Bertz CT molecular complexity index is 414. The maximum absolute atomic E-state index is 10.9. The molecule has 0 aromatic carbocycles. The highest BCUT2D eigenvalue weighted by atomic mass is 16.1. The summed E-state index contributed by atoms with van der Waals surface area (Å²) in [5.41, 5.74) is 0. The lowest BCUT2D eigenvalue weighted by molar-refractivity contribution is -0.115. The molecule has 0 atom stereocenters. The van der Waals surface area contributed by atoms with E-state index < -0.39 is 0 Å². The molecule has 1 fully saturated rings. The van der Waals surface area contributed by atoms with Crippen LogP contribution >= 0.6 is 0 Å². The minimum absolute atomic E-state index is 0.0943. The maximum Gasteiger partial charge on any atom is 0.148 e. The Morgan fingerprint density at radius 2 is 1.89 bits per heavy atom. The summed E-state index contributed by atoms with van der Waals surface area (Å²) in [4.78, 5) is 19.3. The summed E-state index contributed by atoms with van der Waals surface area (Å²) in [6.07, 6.45) is 9.21. The molecule has 1 aromatic rings. The standard InChI is InChI=1S/C14H22N4O/c1-11(19)9-15-13-8-14(17-10-16-13)18-12-6-4-2-3-5-7-12/h8,10,12H,2-7,9H2,1H3,(H2,15,16,17,18). The highest BCUT2D eigenvalue weighted by molar-refractivity contribution is 5.80. The van der Waals surface area contributed by atoms with Crippen LogP contribution < -0.4 is 10.6 Å². The van der Waals surface area contributed by atoms with Gasteiger partial charge >= 0.3 is 0 Å². The monoisotopic (exact) mass is 262 g/mol. The van der Waals surface area contributed by atoms with Gasteiger partial charge in [-0.3, -0.25) is 4.79 Å². The van der Waals surface area contributed by atoms with Crippen molar-refractivity contribution < 1.29 is 4.79 Å². The molecule has 0 spiro atoms. The van der Waals surface area contributed by atoms with Gasteiger partial charge in [0.2, 0.25) is 0 Å². The predicted octanol–water partition coefficient (Wildman–Crippen LogP) is 2.61. The number of carbonyl (C=O) groups excluding carboxylic acids is 1. The van der Waals surface area contributed by atoms with Gasteiger partial charge in [0.25, 0.3) is 0 Å². The Morgan fingerprint density at radius 3 is 2.58 bits per heavy atom. The average molecular weight is 262 g/mol. The molecule has 1 saturated carbocycles. The van der Waals surface area contributed by atoms with Gasteiger partial charge in [0, 0.05) is 12.1 Å². The summed E-state index contributed by atoms with van der Waals surface area (Å²) in [5.74, 6) is 1.63. The number of hydrogen-bond donors (Lipinski definition) is 2. The second-order valence-corrected chi connectivity index (χ2v) is 5.18. The van der Waals surface area contributed by atoms with E-state index in [1.165, 1.54) is 44.9 Å². The molecule has 0 aliphatic heterocycles. The summed E-state index contributed by atoms with van der Waals surface area (Å²) >= 11 is 0. The zero-order chi connectivity index (χ0) is 13.5. The van der Waals surface area contributed by atoms with E-state index >= 15 is 0 Å². The van der Waals surface area contributed by atoms with E-state index in [0.29, 0.717) is 18.4 Å². The van der Waals surface area contributed by atoms with Crippen LogP contribution in [0.5, 0.6) is 0 Å². The molecule has 19 heavy (non-hydrogen) atoms. The molecule has 2 rings (SSSR count). The lowest BCUT2D eigenvalue weighted by Crippen LogP contribution is -2.19. The number of rotatable bonds is 5. The molecule has 1 heterocycles. The SMILES string of the molecule is CC(=O)CNc1cc(NC2CCCCCC2)ncn1. The van der Waals surface area contributed by atoms with Crippen LogP contribution in [0.2, 0.25) is 0 Å². The van der Waals surface area contributed by atoms with Crippen molar-refractivity contribution in [3.05, 3.63) is 12.4 Å². The molecule has 0 unspecified atom stereocenters. The molecule has 0 saturated heterocycles. The second kappa shape index (κ2) is 7.07. The first-order chi connectivity index (χ1) is 9.24. The number of anilines is 2. The number of nitrogens with one attached hydrogen (secondary N) is 2. The van der Waals surface area contributed by atoms with Crippen molar-refractivity contribution in [3.63, 3.8) is 0 Å². The lowest BCUT2D eigenvalue weighted by Gasteiger charge is -2.17. The number of ketones is 1. The molecular formula is C14H22N4O. The third kappa shape index (κ3) is 4.85. The highest BCUT2D eigenvalue weighted by Gasteiger charge is 2.12. The van der Waals surface area contributed by atoms with Crippen LogP contribution in [0.1, 0.15) is 45.4 Å². The Kier molecular flexibility index (Phi) is 5.12. The van der Waals surface area contributed by atoms with Gasteiger partial charge in [0.1, 0.15) is 23.7 Å². The lowest BCUT2D eigenvalue weighted by atomic mass is 10.1. The molecular weight excluding hydrogens is 240 g/mol. The molecule has 1 aliphatic carbocycles. The van der Waals surface area contributed by atoms with Crippen molar-refractivity contribution >= 4 is 17.4 Å². The summed E-state index contributed by atoms with van der Waals surface area (Å²) in [6, 6.07) is 2.38. The van der Waals surface area contributed by atoms with Crippen LogP contribution in [0, 0.1) is 0 Å². The van der Waals surface area contributed by atoms with Crippen LogP contribution in [0.25, 0.3) is 0 Å². The minimum atomic E-state index is 0.0943. The van der Waals surface area contributed by atoms with Gasteiger partial charge in [-0.15, -0.1) is 0 Å².